The van der Waals surface area contributed by atoms with Crippen molar-refractivity contribution < 1.29 is 28.6 Å². The zero-order chi connectivity index (χ0) is 18.5. The maximum atomic E-state index is 9.30. The second kappa shape index (κ2) is 8.56. The van der Waals surface area contributed by atoms with Gasteiger partial charge in [0.05, 0.1) is 0 Å². The van der Waals surface area contributed by atoms with Crippen LogP contribution in [0.3, 0.4) is 0 Å². The maximum absolute atomic E-state index is 9.30. The minimum atomic E-state index is -2.66. The molecule has 0 aliphatic carbocycles. The Labute approximate surface area is 152 Å². The third kappa shape index (κ3) is 4.57. The zero-order valence-electron chi connectivity index (χ0n) is 13.4. The third-order valence-electron chi connectivity index (χ3n) is 3.61. The van der Waals surface area contributed by atoms with Crippen molar-refractivity contribution >= 4 is 17.2 Å². The van der Waals surface area contributed by atoms with Gasteiger partial charge in [0.25, 0.3) is 0 Å². The molecule has 26 heavy (non-hydrogen) atoms. The van der Waals surface area contributed by atoms with Crippen LogP contribution in [0.1, 0.15) is 0 Å². The quantitative estimate of drug-likeness (QED) is 0.471. The monoisotopic (exact) mass is 390 g/mol. The van der Waals surface area contributed by atoms with Crippen molar-refractivity contribution in [3.8, 4) is 33.8 Å². The van der Waals surface area contributed by atoms with Gasteiger partial charge in [0.1, 0.15) is 11.5 Å². The molecule has 0 unspecified atom stereocenters. The summed E-state index contributed by atoms with van der Waals surface area (Å²) in [6.07, 6.45) is 0. The van der Waals surface area contributed by atoms with Crippen LogP contribution in [0.5, 0.6) is 11.5 Å². The average molecular weight is 390 g/mol. The van der Waals surface area contributed by atoms with Crippen molar-refractivity contribution in [1.29, 1.82) is 0 Å². The van der Waals surface area contributed by atoms with Crippen LogP contribution in [0.2, 0.25) is 0 Å². The molecule has 0 heterocycles. The topological polar surface area (TPSA) is 99.4 Å². The molecule has 6 nitrogen and oxygen atoms in total. The predicted molar refractivity (Wildman–Crippen MR) is 101 cm³/mol. The first-order valence-corrected chi connectivity index (χ1v) is 9.88. The molecule has 8 heteroatoms. The minimum Gasteiger partial charge on any atom is -0.426 e. The smallest absolute Gasteiger partial charge is 0.391 e. The molecule has 0 radical (unpaired) electrons. The minimum absolute atomic E-state index is 0.166. The van der Waals surface area contributed by atoms with Gasteiger partial charge in [-0.05, 0) is 17.2 Å². The van der Waals surface area contributed by atoms with Gasteiger partial charge in [-0.2, -0.15) is 0 Å². The fourth-order valence-electron chi connectivity index (χ4n) is 2.57. The van der Waals surface area contributed by atoms with Crippen molar-refractivity contribution in [2.75, 3.05) is 0 Å². The Kier molecular flexibility index (Phi) is 6.17. The van der Waals surface area contributed by atoms with Crippen LogP contribution in [-0.2, 0) is 0 Å². The Morgan fingerprint density at radius 1 is 0.538 bits per heavy atom. The van der Waals surface area contributed by atoms with Gasteiger partial charge in [-0.3, -0.25) is 0 Å². The molecule has 3 aromatic rings. The van der Waals surface area contributed by atoms with Crippen molar-refractivity contribution in [1.82, 2.24) is 0 Å². The standard InChI is InChI=1S/C18H16O6P2/c19-25(20)23-17-12-18(24-26(21)22)16(14-9-5-2-6-10-14)11-15(17)13-7-3-1-4-8-13/h1-12,19-22H. The number of hydrogen-bond donors (Lipinski definition) is 4. The molecule has 0 aromatic heterocycles. The Bertz CT molecular complexity index is 788. The van der Waals surface area contributed by atoms with Crippen LogP contribution in [0, 0.1) is 0 Å². The number of rotatable bonds is 6. The average Bonchev–Trinajstić information content (AvgIpc) is 2.62. The highest BCUT2D eigenvalue weighted by Gasteiger charge is 2.19. The van der Waals surface area contributed by atoms with E-state index in [1.54, 1.807) is 6.07 Å². The Morgan fingerprint density at radius 2 is 0.923 bits per heavy atom. The molecule has 0 spiro atoms. The summed E-state index contributed by atoms with van der Waals surface area (Å²) in [6, 6.07) is 21.8. The van der Waals surface area contributed by atoms with E-state index in [4.69, 9.17) is 9.05 Å². The van der Waals surface area contributed by atoms with Gasteiger partial charge >= 0.3 is 17.2 Å². The molecule has 0 aliphatic rings. The highest BCUT2D eigenvalue weighted by atomic mass is 31.2. The molecule has 0 aliphatic heterocycles. The van der Waals surface area contributed by atoms with E-state index in [1.807, 2.05) is 60.7 Å². The lowest BCUT2D eigenvalue weighted by atomic mass is 9.97. The van der Waals surface area contributed by atoms with Gasteiger partial charge in [-0.15, -0.1) is 0 Å². The van der Waals surface area contributed by atoms with Crippen molar-refractivity contribution in [3.05, 3.63) is 72.8 Å². The van der Waals surface area contributed by atoms with E-state index in [0.29, 0.717) is 11.1 Å². The van der Waals surface area contributed by atoms with E-state index in [0.717, 1.165) is 11.1 Å². The Morgan fingerprint density at radius 3 is 1.27 bits per heavy atom. The lowest BCUT2D eigenvalue weighted by Gasteiger charge is -2.18. The molecule has 0 saturated heterocycles. The molecular formula is C18H16O6P2. The van der Waals surface area contributed by atoms with E-state index >= 15 is 0 Å². The van der Waals surface area contributed by atoms with E-state index in [-0.39, 0.29) is 11.5 Å². The highest BCUT2D eigenvalue weighted by molar-refractivity contribution is 7.40. The van der Waals surface area contributed by atoms with Gasteiger partial charge < -0.3 is 28.6 Å². The van der Waals surface area contributed by atoms with Crippen LogP contribution < -0.4 is 9.05 Å². The lowest BCUT2D eigenvalue weighted by Crippen LogP contribution is -1.95. The molecule has 0 amide bonds. The molecule has 3 aromatic carbocycles. The summed E-state index contributed by atoms with van der Waals surface area (Å²) in [5.41, 5.74) is 2.84. The number of hydrogen-bond acceptors (Lipinski definition) is 6. The molecular weight excluding hydrogens is 374 g/mol. The molecule has 0 atom stereocenters. The van der Waals surface area contributed by atoms with Gasteiger partial charge in [-0.25, -0.2) is 0 Å². The number of benzene rings is 3. The van der Waals surface area contributed by atoms with Crippen molar-refractivity contribution in [2.24, 2.45) is 0 Å². The Balaban J connectivity index is 2.22. The van der Waals surface area contributed by atoms with E-state index < -0.39 is 17.2 Å². The third-order valence-corrected chi connectivity index (χ3v) is 4.33. The maximum Gasteiger partial charge on any atom is 0.391 e. The van der Waals surface area contributed by atoms with E-state index in [1.165, 1.54) is 6.07 Å². The first kappa shape index (κ1) is 18.7. The second-order valence-corrected chi connectivity index (χ2v) is 6.64. The van der Waals surface area contributed by atoms with Gasteiger partial charge in [0.2, 0.25) is 0 Å². The van der Waals surface area contributed by atoms with Gasteiger partial charge in [0.15, 0.2) is 0 Å². The van der Waals surface area contributed by atoms with Crippen LogP contribution in [0.4, 0.5) is 0 Å². The van der Waals surface area contributed by atoms with Crippen LogP contribution >= 0.6 is 17.2 Å². The zero-order valence-corrected chi connectivity index (χ0v) is 15.2. The van der Waals surface area contributed by atoms with E-state index in [9.17, 15) is 19.6 Å². The fraction of sp³-hybridized carbons (Fsp3) is 0. The summed E-state index contributed by atoms with van der Waals surface area (Å²) in [7, 11) is -5.31. The molecule has 4 N–H and O–H groups in total. The fourth-order valence-corrected chi connectivity index (χ4v) is 3.23. The summed E-state index contributed by atoms with van der Waals surface area (Å²) in [4.78, 5) is 37.2. The molecule has 0 bridgehead atoms. The van der Waals surface area contributed by atoms with Gasteiger partial charge in [0, 0.05) is 17.2 Å². The summed E-state index contributed by atoms with van der Waals surface area (Å²) in [5.74, 6) is 0.331. The molecule has 0 fully saturated rings. The highest BCUT2D eigenvalue weighted by Crippen LogP contribution is 2.46. The second-order valence-electron chi connectivity index (χ2n) is 5.26. The van der Waals surface area contributed by atoms with Crippen LogP contribution in [-0.4, -0.2) is 19.6 Å². The summed E-state index contributed by atoms with van der Waals surface area (Å²) < 4.78 is 10.3. The summed E-state index contributed by atoms with van der Waals surface area (Å²) in [6.45, 7) is 0. The molecule has 134 valence electrons. The summed E-state index contributed by atoms with van der Waals surface area (Å²) in [5, 5.41) is 0. The summed E-state index contributed by atoms with van der Waals surface area (Å²) >= 11 is 0. The first-order chi connectivity index (χ1) is 12.5. The van der Waals surface area contributed by atoms with Crippen molar-refractivity contribution in [2.45, 2.75) is 0 Å². The van der Waals surface area contributed by atoms with E-state index in [2.05, 4.69) is 0 Å². The first-order valence-electron chi connectivity index (χ1n) is 7.55. The van der Waals surface area contributed by atoms with Crippen LogP contribution in [0.25, 0.3) is 22.3 Å². The molecule has 0 saturated carbocycles. The SMILES string of the molecule is OP(O)Oc1cc(OP(O)O)c(-c2ccccc2)cc1-c1ccccc1. The Hall–Kier alpha value is -2.04. The van der Waals surface area contributed by atoms with Crippen LogP contribution in [0.15, 0.2) is 72.8 Å². The van der Waals surface area contributed by atoms with Crippen molar-refractivity contribution in [3.63, 3.8) is 0 Å². The normalized spacial score (nSPS) is 11.0. The lowest BCUT2D eigenvalue weighted by molar-refractivity contribution is 0.370. The molecule has 3 rings (SSSR count). The van der Waals surface area contributed by atoms with Gasteiger partial charge in [-0.1, -0.05) is 60.7 Å². The predicted octanol–water partition coefficient (Wildman–Crippen LogP) is 4.20. The largest absolute Gasteiger partial charge is 0.426 e.